The van der Waals surface area contributed by atoms with Gasteiger partial charge in [0.2, 0.25) is 15.9 Å². The van der Waals surface area contributed by atoms with Crippen LogP contribution in [-0.2, 0) is 14.8 Å². The summed E-state index contributed by atoms with van der Waals surface area (Å²) in [6, 6.07) is 5.12. The number of sulfonamides is 1. The summed E-state index contributed by atoms with van der Waals surface area (Å²) in [6.07, 6.45) is 1.34. The zero-order valence-corrected chi connectivity index (χ0v) is 15.1. The number of methoxy groups -OCH3 is 2. The molecule has 1 amide bonds. The molecule has 1 saturated heterocycles. The Bertz CT molecular complexity index is 690. The molecular weight excluding hydrogens is 332 g/mol. The third kappa shape index (κ3) is 4.18. The van der Waals surface area contributed by atoms with Gasteiger partial charge >= 0.3 is 0 Å². The van der Waals surface area contributed by atoms with Crippen LogP contribution in [0.2, 0.25) is 0 Å². The maximum absolute atomic E-state index is 12.5. The van der Waals surface area contributed by atoms with Crippen LogP contribution < -0.4 is 14.8 Å². The number of rotatable bonds is 6. The van der Waals surface area contributed by atoms with Gasteiger partial charge in [0.25, 0.3) is 0 Å². The molecule has 0 aromatic heterocycles. The number of hydrogen-bond acceptors (Lipinski definition) is 5. The molecule has 0 bridgehead atoms. The van der Waals surface area contributed by atoms with E-state index in [2.05, 4.69) is 5.32 Å². The number of nitrogens with zero attached hydrogens (tertiary/aromatic N) is 1. The molecule has 0 spiro atoms. The molecule has 0 radical (unpaired) electrons. The smallest absolute Gasteiger partial charge is 0.228 e. The average Bonchev–Trinajstić information content (AvgIpc) is 2.62. The lowest BCUT2D eigenvalue weighted by Crippen LogP contribution is -2.44. The topological polar surface area (TPSA) is 84.9 Å². The first-order chi connectivity index (χ1) is 11.4. The van der Waals surface area contributed by atoms with Crippen molar-refractivity contribution in [1.82, 2.24) is 4.31 Å². The van der Waals surface area contributed by atoms with Crippen molar-refractivity contribution in [2.24, 2.45) is 5.92 Å². The predicted molar refractivity (Wildman–Crippen MR) is 91.9 cm³/mol. The zero-order valence-electron chi connectivity index (χ0n) is 14.2. The third-order valence-corrected chi connectivity index (χ3v) is 6.03. The van der Waals surface area contributed by atoms with E-state index < -0.39 is 10.0 Å². The van der Waals surface area contributed by atoms with E-state index in [-0.39, 0.29) is 24.1 Å². The molecule has 1 aromatic carbocycles. The lowest BCUT2D eigenvalue weighted by Gasteiger charge is -2.31. The molecule has 1 aromatic rings. The molecule has 1 heterocycles. The summed E-state index contributed by atoms with van der Waals surface area (Å²) in [5.41, 5.74) is 0.541. The molecule has 2 rings (SSSR count). The molecule has 1 unspecified atom stereocenters. The van der Waals surface area contributed by atoms with Gasteiger partial charge in [-0.1, -0.05) is 0 Å². The molecule has 134 valence electrons. The first-order valence-electron chi connectivity index (χ1n) is 7.92. The summed E-state index contributed by atoms with van der Waals surface area (Å²) in [7, 11) is -0.202. The number of carbonyl (C=O) groups is 1. The highest BCUT2D eigenvalue weighted by Crippen LogP contribution is 2.30. The Morgan fingerprint density at radius 2 is 2.08 bits per heavy atom. The van der Waals surface area contributed by atoms with Crippen molar-refractivity contribution in [3.63, 3.8) is 0 Å². The van der Waals surface area contributed by atoms with Gasteiger partial charge in [-0.2, -0.15) is 0 Å². The minimum Gasteiger partial charge on any atom is -0.497 e. The number of amides is 1. The van der Waals surface area contributed by atoms with Crippen LogP contribution in [0.3, 0.4) is 0 Å². The van der Waals surface area contributed by atoms with E-state index in [9.17, 15) is 13.2 Å². The highest BCUT2D eigenvalue weighted by Gasteiger charge is 2.31. The van der Waals surface area contributed by atoms with Crippen LogP contribution in [-0.4, -0.2) is 51.7 Å². The second-order valence-corrected chi connectivity index (χ2v) is 7.91. The standard InChI is InChI=1S/C16H24N2O5S/c1-4-24(20,21)18-9-5-6-12(11-18)16(19)17-14-8-7-13(22-2)10-15(14)23-3/h7-8,10,12H,4-6,9,11H2,1-3H3,(H,17,19). The van der Waals surface area contributed by atoms with E-state index in [1.54, 1.807) is 32.2 Å². The van der Waals surface area contributed by atoms with Crippen LogP contribution in [0, 0.1) is 5.92 Å². The van der Waals surface area contributed by atoms with E-state index in [0.717, 1.165) is 0 Å². The summed E-state index contributed by atoms with van der Waals surface area (Å²) in [6.45, 7) is 2.31. The minimum absolute atomic E-state index is 0.0492. The number of carbonyl (C=O) groups excluding carboxylic acids is 1. The number of ether oxygens (including phenoxy) is 2. The van der Waals surface area contributed by atoms with Crippen LogP contribution in [0.5, 0.6) is 11.5 Å². The van der Waals surface area contributed by atoms with E-state index in [1.165, 1.54) is 11.4 Å². The Labute approximate surface area is 143 Å². The Kier molecular flexibility index (Phi) is 6.06. The fourth-order valence-electron chi connectivity index (χ4n) is 2.73. The summed E-state index contributed by atoms with van der Waals surface area (Å²) in [4.78, 5) is 12.5. The first-order valence-corrected chi connectivity index (χ1v) is 9.53. The highest BCUT2D eigenvalue weighted by atomic mass is 32.2. The van der Waals surface area contributed by atoms with Crippen molar-refractivity contribution in [2.75, 3.05) is 38.4 Å². The van der Waals surface area contributed by atoms with Crippen molar-refractivity contribution in [2.45, 2.75) is 19.8 Å². The molecule has 0 aliphatic carbocycles. The molecule has 1 aliphatic heterocycles. The van der Waals surface area contributed by atoms with E-state index >= 15 is 0 Å². The summed E-state index contributed by atoms with van der Waals surface area (Å²) in [5.74, 6) is 0.605. The maximum Gasteiger partial charge on any atom is 0.228 e. The number of piperidine rings is 1. The van der Waals surface area contributed by atoms with Gasteiger partial charge < -0.3 is 14.8 Å². The first kappa shape index (κ1) is 18.5. The minimum atomic E-state index is -3.27. The second-order valence-electron chi connectivity index (χ2n) is 5.65. The SMILES string of the molecule is CCS(=O)(=O)N1CCCC(C(=O)Nc2ccc(OC)cc2OC)C1. The molecule has 24 heavy (non-hydrogen) atoms. The number of anilines is 1. The van der Waals surface area contributed by atoms with Gasteiger partial charge in [0.05, 0.1) is 31.6 Å². The van der Waals surface area contributed by atoms with Gasteiger partial charge in [0.1, 0.15) is 11.5 Å². The van der Waals surface area contributed by atoms with Crippen LogP contribution in [0.1, 0.15) is 19.8 Å². The third-order valence-electron chi connectivity index (χ3n) is 4.18. The summed E-state index contributed by atoms with van der Waals surface area (Å²) in [5, 5.41) is 2.83. The van der Waals surface area contributed by atoms with Crippen LogP contribution in [0.4, 0.5) is 5.69 Å². The Balaban J connectivity index is 2.09. The zero-order chi connectivity index (χ0) is 17.7. The maximum atomic E-state index is 12.5. The van der Waals surface area contributed by atoms with Crippen molar-refractivity contribution in [3.8, 4) is 11.5 Å². The van der Waals surface area contributed by atoms with Crippen LogP contribution >= 0.6 is 0 Å². The average molecular weight is 356 g/mol. The Morgan fingerprint density at radius 1 is 1.33 bits per heavy atom. The van der Waals surface area contributed by atoms with Gasteiger partial charge in [-0.25, -0.2) is 12.7 Å². The quantitative estimate of drug-likeness (QED) is 0.839. The normalized spacial score (nSPS) is 18.9. The fraction of sp³-hybridized carbons (Fsp3) is 0.562. The molecular formula is C16H24N2O5S. The predicted octanol–water partition coefficient (Wildman–Crippen LogP) is 1.70. The van der Waals surface area contributed by atoms with Gasteiger partial charge in [-0.05, 0) is 31.9 Å². The van der Waals surface area contributed by atoms with Crippen molar-refractivity contribution in [1.29, 1.82) is 0 Å². The van der Waals surface area contributed by atoms with Gasteiger partial charge in [0.15, 0.2) is 0 Å². The largest absolute Gasteiger partial charge is 0.497 e. The van der Waals surface area contributed by atoms with Crippen molar-refractivity contribution < 1.29 is 22.7 Å². The van der Waals surface area contributed by atoms with Gasteiger partial charge in [-0.15, -0.1) is 0 Å². The Hall–Kier alpha value is -1.80. The van der Waals surface area contributed by atoms with E-state index in [4.69, 9.17) is 9.47 Å². The molecule has 1 aliphatic rings. The van der Waals surface area contributed by atoms with Crippen LogP contribution in [0.25, 0.3) is 0 Å². The molecule has 1 N–H and O–H groups in total. The number of benzene rings is 1. The molecule has 7 nitrogen and oxygen atoms in total. The summed E-state index contributed by atoms with van der Waals surface area (Å²) >= 11 is 0. The van der Waals surface area contributed by atoms with Crippen molar-refractivity contribution in [3.05, 3.63) is 18.2 Å². The lowest BCUT2D eigenvalue weighted by atomic mass is 9.98. The van der Waals surface area contributed by atoms with Gasteiger partial charge in [-0.3, -0.25) is 4.79 Å². The van der Waals surface area contributed by atoms with Crippen LogP contribution in [0.15, 0.2) is 18.2 Å². The Morgan fingerprint density at radius 3 is 2.71 bits per heavy atom. The molecule has 1 atom stereocenters. The number of hydrogen-bond donors (Lipinski definition) is 1. The monoisotopic (exact) mass is 356 g/mol. The number of nitrogens with one attached hydrogen (secondary N) is 1. The molecule has 8 heteroatoms. The fourth-order valence-corrected chi connectivity index (χ4v) is 3.91. The molecule has 0 saturated carbocycles. The van der Waals surface area contributed by atoms with Crippen molar-refractivity contribution >= 4 is 21.6 Å². The highest BCUT2D eigenvalue weighted by molar-refractivity contribution is 7.89. The lowest BCUT2D eigenvalue weighted by molar-refractivity contribution is -0.120. The second kappa shape index (κ2) is 7.85. The van der Waals surface area contributed by atoms with E-state index in [0.29, 0.717) is 36.6 Å². The van der Waals surface area contributed by atoms with Gasteiger partial charge in [0, 0.05) is 19.2 Å². The van der Waals surface area contributed by atoms with E-state index in [1.807, 2.05) is 0 Å². The molecule has 1 fully saturated rings. The summed E-state index contributed by atoms with van der Waals surface area (Å²) < 4.78 is 35.8.